The molecule has 0 aliphatic carbocycles. The number of non-ortho nitro benzene ring substituents is 1. The molecule has 0 atom stereocenters. The SMILES string of the molecule is O=c1c(CCCc2ccco2)cc2cccnc2n1-c1cccc([N+](=O)[O-])c1. The van der Waals surface area contributed by atoms with E-state index in [-0.39, 0.29) is 11.2 Å². The lowest BCUT2D eigenvalue weighted by Crippen LogP contribution is -2.23. The van der Waals surface area contributed by atoms with E-state index in [0.29, 0.717) is 23.3 Å². The molecule has 7 heteroatoms. The van der Waals surface area contributed by atoms with Gasteiger partial charge in [-0.05, 0) is 49.2 Å². The predicted molar refractivity (Wildman–Crippen MR) is 105 cm³/mol. The van der Waals surface area contributed by atoms with Crippen LogP contribution in [0, 0.1) is 10.1 Å². The Balaban J connectivity index is 1.78. The van der Waals surface area contributed by atoms with Crippen molar-refractivity contribution in [3.63, 3.8) is 0 Å². The second-order valence-corrected chi connectivity index (χ2v) is 6.44. The number of hydrogen-bond acceptors (Lipinski definition) is 5. The average molecular weight is 375 g/mol. The molecule has 0 fully saturated rings. The molecule has 7 nitrogen and oxygen atoms in total. The molecule has 1 aromatic carbocycles. The first kappa shape index (κ1) is 17.7. The topological polar surface area (TPSA) is 91.2 Å². The number of aromatic nitrogens is 2. The van der Waals surface area contributed by atoms with Crippen molar-refractivity contribution in [3.05, 3.63) is 98.8 Å². The van der Waals surface area contributed by atoms with Crippen LogP contribution in [0.1, 0.15) is 17.7 Å². The molecule has 0 aliphatic heterocycles. The van der Waals surface area contributed by atoms with Gasteiger partial charge in [0, 0.05) is 35.7 Å². The number of nitrogens with zero attached hydrogens (tertiary/aromatic N) is 3. The van der Waals surface area contributed by atoms with Crippen LogP contribution >= 0.6 is 0 Å². The maximum absolute atomic E-state index is 13.2. The number of hydrogen-bond donors (Lipinski definition) is 0. The molecule has 28 heavy (non-hydrogen) atoms. The Bertz CT molecular complexity index is 1200. The van der Waals surface area contributed by atoms with Crippen molar-refractivity contribution in [1.29, 1.82) is 0 Å². The van der Waals surface area contributed by atoms with Crippen LogP contribution in [0.25, 0.3) is 16.7 Å². The largest absolute Gasteiger partial charge is 0.469 e. The van der Waals surface area contributed by atoms with Gasteiger partial charge < -0.3 is 4.42 Å². The van der Waals surface area contributed by atoms with Crippen molar-refractivity contribution < 1.29 is 9.34 Å². The zero-order chi connectivity index (χ0) is 19.5. The number of benzene rings is 1. The Morgan fingerprint density at radius 1 is 1.07 bits per heavy atom. The summed E-state index contributed by atoms with van der Waals surface area (Å²) in [6, 6.07) is 15.3. The van der Waals surface area contributed by atoms with Gasteiger partial charge in [-0.1, -0.05) is 6.07 Å². The van der Waals surface area contributed by atoms with Crippen molar-refractivity contribution >= 4 is 16.7 Å². The Hall–Kier alpha value is -3.74. The number of aryl methyl sites for hydroxylation is 2. The molecule has 0 saturated carbocycles. The van der Waals surface area contributed by atoms with Crippen LogP contribution in [0.5, 0.6) is 0 Å². The van der Waals surface area contributed by atoms with Crippen LogP contribution < -0.4 is 5.56 Å². The fourth-order valence-corrected chi connectivity index (χ4v) is 3.27. The Morgan fingerprint density at radius 3 is 2.75 bits per heavy atom. The summed E-state index contributed by atoms with van der Waals surface area (Å²) >= 11 is 0. The van der Waals surface area contributed by atoms with Crippen LogP contribution in [0.3, 0.4) is 0 Å². The number of furan rings is 1. The van der Waals surface area contributed by atoms with E-state index in [0.717, 1.165) is 24.0 Å². The maximum atomic E-state index is 13.2. The van der Waals surface area contributed by atoms with Crippen molar-refractivity contribution in [1.82, 2.24) is 9.55 Å². The zero-order valence-electron chi connectivity index (χ0n) is 14.9. The second-order valence-electron chi connectivity index (χ2n) is 6.44. The summed E-state index contributed by atoms with van der Waals surface area (Å²) in [5.41, 5.74) is 1.25. The highest BCUT2D eigenvalue weighted by molar-refractivity contribution is 5.77. The summed E-state index contributed by atoms with van der Waals surface area (Å²) in [5, 5.41) is 12.0. The molecule has 3 heterocycles. The predicted octanol–water partition coefficient (Wildman–Crippen LogP) is 4.06. The average Bonchev–Trinajstić information content (AvgIpc) is 3.22. The van der Waals surface area contributed by atoms with Crippen molar-refractivity contribution in [2.45, 2.75) is 19.3 Å². The molecule has 4 rings (SSSR count). The Labute approximate surface area is 160 Å². The molecule has 140 valence electrons. The minimum absolute atomic E-state index is 0.0725. The molecule has 0 aliphatic rings. The van der Waals surface area contributed by atoms with Crippen molar-refractivity contribution in [2.24, 2.45) is 0 Å². The molecular formula is C21H17N3O4. The van der Waals surface area contributed by atoms with Crippen LogP contribution in [-0.4, -0.2) is 14.5 Å². The normalized spacial score (nSPS) is 11.0. The van der Waals surface area contributed by atoms with Gasteiger partial charge in [0.15, 0.2) is 0 Å². The van der Waals surface area contributed by atoms with Crippen LogP contribution in [0.2, 0.25) is 0 Å². The third-order valence-corrected chi connectivity index (χ3v) is 4.58. The van der Waals surface area contributed by atoms with Crippen molar-refractivity contribution in [3.8, 4) is 5.69 Å². The van der Waals surface area contributed by atoms with E-state index in [4.69, 9.17) is 4.42 Å². The van der Waals surface area contributed by atoms with E-state index in [2.05, 4.69) is 4.98 Å². The summed E-state index contributed by atoms with van der Waals surface area (Å²) in [5.74, 6) is 0.876. The van der Waals surface area contributed by atoms with Crippen LogP contribution in [-0.2, 0) is 12.8 Å². The van der Waals surface area contributed by atoms with Gasteiger partial charge in [-0.2, -0.15) is 0 Å². The molecule has 3 aromatic heterocycles. The third-order valence-electron chi connectivity index (χ3n) is 4.58. The quantitative estimate of drug-likeness (QED) is 0.374. The van der Waals surface area contributed by atoms with E-state index >= 15 is 0 Å². The van der Waals surface area contributed by atoms with Crippen LogP contribution in [0.15, 0.2) is 76.3 Å². The van der Waals surface area contributed by atoms with Gasteiger partial charge in [0.25, 0.3) is 11.2 Å². The fraction of sp³-hybridized carbons (Fsp3) is 0.143. The van der Waals surface area contributed by atoms with Gasteiger partial charge in [0.2, 0.25) is 0 Å². The van der Waals surface area contributed by atoms with E-state index < -0.39 is 4.92 Å². The van der Waals surface area contributed by atoms with E-state index in [1.807, 2.05) is 24.3 Å². The summed E-state index contributed by atoms with van der Waals surface area (Å²) in [4.78, 5) is 28.2. The highest BCUT2D eigenvalue weighted by atomic mass is 16.6. The zero-order valence-corrected chi connectivity index (χ0v) is 14.9. The van der Waals surface area contributed by atoms with Crippen LogP contribution in [0.4, 0.5) is 5.69 Å². The lowest BCUT2D eigenvalue weighted by Gasteiger charge is -2.12. The monoisotopic (exact) mass is 375 g/mol. The standard InChI is InChI=1S/C21H17N3O4/c25-21-16(5-1-9-19-10-4-12-28-19)13-15-6-3-11-22-20(15)23(21)17-7-2-8-18(14-17)24(26)27/h2-4,6-8,10-14H,1,5,9H2. The number of nitro groups is 1. The molecule has 4 aromatic rings. The highest BCUT2D eigenvalue weighted by Crippen LogP contribution is 2.20. The molecule has 0 N–H and O–H groups in total. The summed E-state index contributed by atoms with van der Waals surface area (Å²) in [6.45, 7) is 0. The number of pyridine rings is 2. The first-order valence-electron chi connectivity index (χ1n) is 8.90. The molecule has 0 amide bonds. The summed E-state index contributed by atoms with van der Waals surface area (Å²) < 4.78 is 6.79. The smallest absolute Gasteiger partial charge is 0.271 e. The number of nitro benzene ring substituents is 1. The minimum Gasteiger partial charge on any atom is -0.469 e. The van der Waals surface area contributed by atoms with Gasteiger partial charge in [-0.3, -0.25) is 19.5 Å². The van der Waals surface area contributed by atoms with E-state index in [1.54, 1.807) is 30.7 Å². The molecule has 0 bridgehead atoms. The van der Waals surface area contributed by atoms with Gasteiger partial charge in [-0.25, -0.2) is 4.98 Å². The number of rotatable bonds is 6. The lowest BCUT2D eigenvalue weighted by molar-refractivity contribution is -0.384. The first-order valence-corrected chi connectivity index (χ1v) is 8.90. The summed E-state index contributed by atoms with van der Waals surface area (Å²) in [7, 11) is 0. The van der Waals surface area contributed by atoms with Gasteiger partial charge in [-0.15, -0.1) is 0 Å². The molecule has 0 spiro atoms. The second kappa shape index (κ2) is 7.48. The van der Waals surface area contributed by atoms with E-state index in [1.165, 1.54) is 16.7 Å². The van der Waals surface area contributed by atoms with Gasteiger partial charge >= 0.3 is 0 Å². The Morgan fingerprint density at radius 2 is 1.96 bits per heavy atom. The number of fused-ring (bicyclic) bond motifs is 1. The maximum Gasteiger partial charge on any atom is 0.271 e. The fourth-order valence-electron chi connectivity index (χ4n) is 3.27. The van der Waals surface area contributed by atoms with E-state index in [9.17, 15) is 14.9 Å². The van der Waals surface area contributed by atoms with Gasteiger partial charge in [0.1, 0.15) is 11.4 Å². The molecule has 0 unspecified atom stereocenters. The summed E-state index contributed by atoms with van der Waals surface area (Å²) in [6.07, 6.45) is 5.29. The van der Waals surface area contributed by atoms with Crippen molar-refractivity contribution in [2.75, 3.05) is 0 Å². The lowest BCUT2D eigenvalue weighted by atomic mass is 10.1. The highest BCUT2D eigenvalue weighted by Gasteiger charge is 2.14. The molecular weight excluding hydrogens is 358 g/mol. The molecule has 0 radical (unpaired) electrons. The van der Waals surface area contributed by atoms with Gasteiger partial charge in [0.05, 0.1) is 16.9 Å². The Kier molecular flexibility index (Phi) is 4.72. The third kappa shape index (κ3) is 3.42. The molecule has 0 saturated heterocycles. The minimum atomic E-state index is -0.475. The first-order chi connectivity index (χ1) is 13.6.